The van der Waals surface area contributed by atoms with Gasteiger partial charge in [0.1, 0.15) is 5.82 Å². The first-order chi connectivity index (χ1) is 12.9. The molecule has 27 heavy (non-hydrogen) atoms. The second-order valence-electron chi connectivity index (χ2n) is 6.98. The molecule has 1 N–H and O–H groups in total. The van der Waals surface area contributed by atoms with Gasteiger partial charge >= 0.3 is 5.97 Å². The van der Waals surface area contributed by atoms with Crippen molar-refractivity contribution < 1.29 is 19.5 Å². The van der Waals surface area contributed by atoms with E-state index in [4.69, 9.17) is 0 Å². The van der Waals surface area contributed by atoms with Crippen molar-refractivity contribution >= 4 is 28.4 Å². The summed E-state index contributed by atoms with van der Waals surface area (Å²) < 4.78 is 3.68. The third-order valence-electron chi connectivity index (χ3n) is 5.57. The molecule has 2 unspecified atom stereocenters. The number of ketones is 2. The van der Waals surface area contributed by atoms with Crippen LogP contribution in [0, 0.1) is 18.8 Å². The molecule has 7 nitrogen and oxygen atoms in total. The number of nitrogens with zero attached hydrogens (tertiary/aromatic N) is 3. The number of aliphatic carboxylic acids is 1. The van der Waals surface area contributed by atoms with Gasteiger partial charge in [0.15, 0.2) is 5.78 Å². The first kappa shape index (κ1) is 17.2. The van der Waals surface area contributed by atoms with Gasteiger partial charge in [-0.1, -0.05) is 18.2 Å². The lowest BCUT2D eigenvalue weighted by atomic mass is 9.74. The summed E-state index contributed by atoms with van der Waals surface area (Å²) in [6, 6.07) is 7.58. The van der Waals surface area contributed by atoms with Crippen molar-refractivity contribution in [3.8, 4) is 0 Å². The summed E-state index contributed by atoms with van der Waals surface area (Å²) in [6.45, 7) is 2.04. The minimum Gasteiger partial charge on any atom is -0.475 e. The number of fused-ring (bicyclic) bond motifs is 3. The lowest BCUT2D eigenvalue weighted by Crippen LogP contribution is -2.41. The minimum atomic E-state index is -1.50. The molecular weight excluding hydrogens is 346 g/mol. The molecule has 1 aliphatic carbocycles. The Morgan fingerprint density at radius 1 is 1.30 bits per heavy atom. The minimum absolute atomic E-state index is 0.180. The summed E-state index contributed by atoms with van der Waals surface area (Å²) >= 11 is 0. The van der Waals surface area contributed by atoms with Crippen molar-refractivity contribution in [3.05, 3.63) is 53.7 Å². The van der Waals surface area contributed by atoms with E-state index in [0.29, 0.717) is 11.4 Å². The van der Waals surface area contributed by atoms with E-state index < -0.39 is 23.6 Å². The molecule has 1 aromatic carbocycles. The average Bonchev–Trinajstić information content (AvgIpc) is 3.18. The molecule has 3 aromatic rings. The van der Waals surface area contributed by atoms with E-state index in [1.807, 2.05) is 42.8 Å². The van der Waals surface area contributed by atoms with Crippen LogP contribution in [0.3, 0.4) is 0 Å². The van der Waals surface area contributed by atoms with Gasteiger partial charge in [-0.2, -0.15) is 0 Å². The molecule has 0 spiro atoms. The van der Waals surface area contributed by atoms with Crippen LogP contribution in [0.5, 0.6) is 0 Å². The highest BCUT2D eigenvalue weighted by Gasteiger charge is 2.44. The van der Waals surface area contributed by atoms with E-state index in [9.17, 15) is 19.5 Å². The van der Waals surface area contributed by atoms with E-state index in [1.54, 1.807) is 17.0 Å². The molecule has 138 valence electrons. The van der Waals surface area contributed by atoms with Gasteiger partial charge in [-0.05, 0) is 19.4 Å². The second-order valence-corrected chi connectivity index (χ2v) is 6.98. The van der Waals surface area contributed by atoms with Crippen molar-refractivity contribution in [1.29, 1.82) is 0 Å². The zero-order chi connectivity index (χ0) is 19.3. The lowest BCUT2D eigenvalue weighted by molar-refractivity contribution is -0.151. The highest BCUT2D eigenvalue weighted by atomic mass is 16.4. The molecule has 0 saturated heterocycles. The maximum absolute atomic E-state index is 13.4. The van der Waals surface area contributed by atoms with Crippen molar-refractivity contribution in [3.63, 3.8) is 0 Å². The summed E-state index contributed by atoms with van der Waals surface area (Å²) in [5, 5.41) is 10.1. The summed E-state index contributed by atoms with van der Waals surface area (Å²) in [5.74, 6) is -3.51. The Bertz CT molecular complexity index is 1090. The third kappa shape index (κ3) is 2.58. The van der Waals surface area contributed by atoms with Crippen LogP contribution in [-0.4, -0.2) is 36.8 Å². The van der Waals surface area contributed by atoms with Crippen LogP contribution in [0.2, 0.25) is 0 Å². The van der Waals surface area contributed by atoms with Gasteiger partial charge in [-0.3, -0.25) is 9.59 Å². The van der Waals surface area contributed by atoms with Crippen LogP contribution in [-0.2, 0) is 29.6 Å². The molecule has 2 heterocycles. The molecule has 0 radical (unpaired) electrons. The topological polar surface area (TPSA) is 94.2 Å². The molecule has 1 aliphatic rings. The van der Waals surface area contributed by atoms with Gasteiger partial charge in [0.2, 0.25) is 5.78 Å². The number of Topliss-reactive ketones (excluding diaryl/α,β-unsaturated/α-hetero) is 2. The Labute approximate surface area is 155 Å². The van der Waals surface area contributed by atoms with Gasteiger partial charge in [0.25, 0.3) is 0 Å². The number of carbonyl (C=O) groups excluding carboxylic acids is 2. The van der Waals surface area contributed by atoms with E-state index in [0.717, 1.165) is 16.6 Å². The molecule has 0 aliphatic heterocycles. The summed E-state index contributed by atoms with van der Waals surface area (Å²) in [5.41, 5.74) is 2.22. The second kappa shape index (κ2) is 6.19. The number of benzene rings is 1. The molecule has 0 saturated carbocycles. The van der Waals surface area contributed by atoms with Crippen LogP contribution < -0.4 is 0 Å². The number of carboxylic acid groups (broad SMARTS) is 1. The number of carboxylic acids is 1. The normalized spacial score (nSPS) is 19.3. The fourth-order valence-electron chi connectivity index (χ4n) is 4.13. The zero-order valence-electron chi connectivity index (χ0n) is 15.0. The molecule has 2 atom stereocenters. The van der Waals surface area contributed by atoms with E-state index in [-0.39, 0.29) is 18.7 Å². The SMILES string of the molecule is Cc1nccn1CC1C(=O)c2c(n(C)c3ccccc23)CC1C(=O)C(=O)O. The number of aryl methyl sites for hydroxylation is 2. The third-order valence-corrected chi connectivity index (χ3v) is 5.57. The standard InChI is InChI=1S/C20H19N3O4/c1-11-21-7-8-23(11)10-14-13(19(25)20(26)27)9-16-17(18(14)24)12-5-3-4-6-15(12)22(16)2/h3-8,13-14H,9-10H2,1-2H3,(H,26,27). The van der Waals surface area contributed by atoms with Crippen molar-refractivity contribution in [1.82, 2.24) is 14.1 Å². The largest absolute Gasteiger partial charge is 0.475 e. The highest BCUT2D eigenvalue weighted by Crippen LogP contribution is 2.37. The quantitative estimate of drug-likeness (QED) is 0.714. The first-order valence-electron chi connectivity index (χ1n) is 8.75. The molecule has 7 heteroatoms. The Morgan fingerprint density at radius 2 is 2.04 bits per heavy atom. The number of carbonyl (C=O) groups is 3. The fourth-order valence-corrected chi connectivity index (χ4v) is 4.13. The Hall–Kier alpha value is -3.22. The highest BCUT2D eigenvalue weighted by molar-refractivity contribution is 6.34. The summed E-state index contributed by atoms with van der Waals surface area (Å²) in [7, 11) is 1.84. The Kier molecular flexibility index (Phi) is 3.95. The molecule has 0 bridgehead atoms. The smallest absolute Gasteiger partial charge is 0.372 e. The van der Waals surface area contributed by atoms with Crippen LogP contribution >= 0.6 is 0 Å². The van der Waals surface area contributed by atoms with Crippen molar-refractivity contribution in [2.75, 3.05) is 0 Å². The van der Waals surface area contributed by atoms with E-state index in [2.05, 4.69) is 4.98 Å². The number of para-hydroxylation sites is 1. The van der Waals surface area contributed by atoms with Gasteiger partial charge in [0.05, 0.1) is 5.92 Å². The number of imidazole rings is 1. The lowest BCUT2D eigenvalue weighted by Gasteiger charge is -2.29. The fraction of sp³-hybridized carbons (Fsp3) is 0.300. The first-order valence-corrected chi connectivity index (χ1v) is 8.75. The number of hydrogen-bond acceptors (Lipinski definition) is 4. The van der Waals surface area contributed by atoms with Crippen molar-refractivity contribution in [2.45, 2.75) is 19.9 Å². The van der Waals surface area contributed by atoms with Gasteiger partial charge in [0, 0.05) is 54.1 Å². The predicted molar refractivity (Wildman–Crippen MR) is 97.5 cm³/mol. The Morgan fingerprint density at radius 3 is 2.70 bits per heavy atom. The molecule has 2 aromatic heterocycles. The number of hydrogen-bond donors (Lipinski definition) is 1. The summed E-state index contributed by atoms with van der Waals surface area (Å²) in [4.78, 5) is 41.4. The van der Waals surface area contributed by atoms with Crippen molar-refractivity contribution in [2.24, 2.45) is 18.9 Å². The van der Waals surface area contributed by atoms with Crippen LogP contribution in [0.4, 0.5) is 0 Å². The Balaban J connectivity index is 1.87. The van der Waals surface area contributed by atoms with Gasteiger partial charge in [-0.15, -0.1) is 0 Å². The molecule has 0 amide bonds. The maximum atomic E-state index is 13.4. The average molecular weight is 365 g/mol. The molecular formula is C20H19N3O4. The van der Waals surface area contributed by atoms with Crippen LogP contribution in [0.15, 0.2) is 36.7 Å². The van der Waals surface area contributed by atoms with Gasteiger partial charge in [-0.25, -0.2) is 9.78 Å². The molecule has 4 rings (SSSR count). The number of aromatic nitrogens is 3. The monoisotopic (exact) mass is 365 g/mol. The van der Waals surface area contributed by atoms with Crippen LogP contribution in [0.25, 0.3) is 10.9 Å². The van der Waals surface area contributed by atoms with Crippen LogP contribution in [0.1, 0.15) is 21.9 Å². The van der Waals surface area contributed by atoms with E-state index in [1.165, 1.54) is 0 Å². The number of rotatable bonds is 4. The van der Waals surface area contributed by atoms with E-state index >= 15 is 0 Å². The summed E-state index contributed by atoms with van der Waals surface area (Å²) in [6.07, 6.45) is 3.60. The zero-order valence-corrected chi connectivity index (χ0v) is 15.0. The molecule has 0 fully saturated rings. The maximum Gasteiger partial charge on any atom is 0.372 e. The predicted octanol–water partition coefficient (Wildman–Crippen LogP) is 2.01. The van der Waals surface area contributed by atoms with Gasteiger partial charge < -0.3 is 14.2 Å².